The normalized spacial score (nSPS) is 13.6. The van der Waals surface area contributed by atoms with Crippen molar-refractivity contribution in [1.29, 1.82) is 0 Å². The summed E-state index contributed by atoms with van der Waals surface area (Å²) in [5.41, 5.74) is 9.11. The van der Waals surface area contributed by atoms with Crippen LogP contribution in [0.1, 0.15) is 28.7 Å². The second-order valence-corrected chi connectivity index (χ2v) is 5.17. The van der Waals surface area contributed by atoms with Gasteiger partial charge in [-0.05, 0) is 30.5 Å². The van der Waals surface area contributed by atoms with Gasteiger partial charge in [0.25, 0.3) is 5.91 Å². The van der Waals surface area contributed by atoms with Crippen molar-refractivity contribution >= 4 is 17.3 Å². The standard InChI is InChI=1S/C15H17FN4O/c1-3-11-13(17)14(19(2)18-11)15(21)20-7-6-9-4-5-10(16)8-12(9)20/h4-5,8H,3,6-7,17H2,1-2H3. The molecule has 2 N–H and O–H groups in total. The number of hydrogen-bond acceptors (Lipinski definition) is 3. The van der Waals surface area contributed by atoms with Gasteiger partial charge in [-0.2, -0.15) is 5.10 Å². The summed E-state index contributed by atoms with van der Waals surface area (Å²) in [4.78, 5) is 14.3. The van der Waals surface area contributed by atoms with Gasteiger partial charge in [-0.15, -0.1) is 0 Å². The van der Waals surface area contributed by atoms with E-state index in [-0.39, 0.29) is 11.7 Å². The van der Waals surface area contributed by atoms with Crippen LogP contribution in [-0.2, 0) is 19.9 Å². The van der Waals surface area contributed by atoms with Crippen LogP contribution in [0.2, 0.25) is 0 Å². The largest absolute Gasteiger partial charge is 0.395 e. The van der Waals surface area contributed by atoms with Gasteiger partial charge >= 0.3 is 0 Å². The van der Waals surface area contributed by atoms with Crippen LogP contribution in [0.15, 0.2) is 18.2 Å². The highest BCUT2D eigenvalue weighted by atomic mass is 19.1. The van der Waals surface area contributed by atoms with Crippen LogP contribution in [0.3, 0.4) is 0 Å². The number of benzene rings is 1. The Bertz CT molecular complexity index is 723. The summed E-state index contributed by atoms with van der Waals surface area (Å²) in [6, 6.07) is 4.54. The minimum Gasteiger partial charge on any atom is -0.395 e. The van der Waals surface area contributed by atoms with Gasteiger partial charge in [0.05, 0.1) is 17.1 Å². The van der Waals surface area contributed by atoms with Crippen molar-refractivity contribution < 1.29 is 9.18 Å². The summed E-state index contributed by atoms with van der Waals surface area (Å²) < 4.78 is 14.9. The Morgan fingerprint density at radius 3 is 2.90 bits per heavy atom. The van der Waals surface area contributed by atoms with Gasteiger partial charge in [-0.3, -0.25) is 9.48 Å². The van der Waals surface area contributed by atoms with Crippen molar-refractivity contribution in [1.82, 2.24) is 9.78 Å². The molecule has 21 heavy (non-hydrogen) atoms. The molecule has 0 fully saturated rings. The van der Waals surface area contributed by atoms with E-state index in [1.807, 2.05) is 6.92 Å². The number of aromatic nitrogens is 2. The van der Waals surface area contributed by atoms with Crippen molar-refractivity contribution in [2.24, 2.45) is 7.05 Å². The SMILES string of the molecule is CCc1nn(C)c(C(=O)N2CCc3ccc(F)cc32)c1N. The lowest BCUT2D eigenvalue weighted by molar-refractivity contribution is 0.0981. The average molecular weight is 288 g/mol. The summed E-state index contributed by atoms with van der Waals surface area (Å²) >= 11 is 0. The number of aryl methyl sites for hydroxylation is 2. The zero-order valence-electron chi connectivity index (χ0n) is 12.1. The molecule has 6 heteroatoms. The Balaban J connectivity index is 2.02. The molecule has 0 radical (unpaired) electrons. The van der Waals surface area contributed by atoms with E-state index in [1.54, 1.807) is 18.0 Å². The van der Waals surface area contributed by atoms with Gasteiger partial charge in [-0.25, -0.2) is 4.39 Å². The molecule has 2 heterocycles. The van der Waals surface area contributed by atoms with Gasteiger partial charge in [0.2, 0.25) is 0 Å². The van der Waals surface area contributed by atoms with Crippen LogP contribution < -0.4 is 10.6 Å². The molecule has 0 atom stereocenters. The second-order valence-electron chi connectivity index (χ2n) is 5.17. The number of nitrogens with two attached hydrogens (primary N) is 1. The molecule has 0 saturated heterocycles. The summed E-state index contributed by atoms with van der Waals surface area (Å²) in [6.45, 7) is 2.47. The molecule has 0 bridgehead atoms. The van der Waals surface area contributed by atoms with E-state index in [0.29, 0.717) is 35.7 Å². The molecular formula is C15H17FN4O. The van der Waals surface area contributed by atoms with Crippen molar-refractivity contribution in [2.75, 3.05) is 17.2 Å². The zero-order chi connectivity index (χ0) is 15.1. The minimum atomic E-state index is -0.347. The molecule has 5 nitrogen and oxygen atoms in total. The number of nitrogens with zero attached hydrogens (tertiary/aromatic N) is 3. The van der Waals surface area contributed by atoms with Crippen LogP contribution in [0, 0.1) is 5.82 Å². The maximum Gasteiger partial charge on any atom is 0.278 e. The highest BCUT2D eigenvalue weighted by Gasteiger charge is 2.30. The lowest BCUT2D eigenvalue weighted by Gasteiger charge is -2.17. The minimum absolute atomic E-state index is 0.230. The van der Waals surface area contributed by atoms with Gasteiger partial charge in [-0.1, -0.05) is 13.0 Å². The van der Waals surface area contributed by atoms with Crippen LogP contribution in [0.25, 0.3) is 0 Å². The molecule has 0 aliphatic carbocycles. The third kappa shape index (κ3) is 2.07. The average Bonchev–Trinajstić information content (AvgIpc) is 2.99. The molecule has 1 aromatic heterocycles. The van der Waals surface area contributed by atoms with E-state index in [4.69, 9.17) is 5.73 Å². The predicted molar refractivity (Wildman–Crippen MR) is 78.8 cm³/mol. The lowest BCUT2D eigenvalue weighted by Crippen LogP contribution is -2.31. The molecule has 2 aromatic rings. The van der Waals surface area contributed by atoms with E-state index < -0.39 is 0 Å². The summed E-state index contributed by atoms with van der Waals surface area (Å²) in [5, 5.41) is 4.26. The number of nitrogen functional groups attached to an aromatic ring is 1. The predicted octanol–water partition coefficient (Wildman–Crippen LogP) is 1.91. The molecule has 1 aliphatic rings. The highest BCUT2D eigenvalue weighted by molar-refractivity contribution is 6.09. The van der Waals surface area contributed by atoms with Crippen LogP contribution >= 0.6 is 0 Å². The topological polar surface area (TPSA) is 64.2 Å². The number of carbonyl (C=O) groups excluding carboxylic acids is 1. The zero-order valence-corrected chi connectivity index (χ0v) is 12.1. The summed E-state index contributed by atoms with van der Waals surface area (Å²) in [7, 11) is 1.70. The first-order chi connectivity index (χ1) is 10.0. The molecule has 110 valence electrons. The summed E-state index contributed by atoms with van der Waals surface area (Å²) in [6.07, 6.45) is 1.39. The number of halogens is 1. The first kappa shape index (κ1) is 13.6. The Hall–Kier alpha value is -2.37. The molecule has 0 spiro atoms. The van der Waals surface area contributed by atoms with Crippen LogP contribution in [-0.4, -0.2) is 22.2 Å². The molecule has 3 rings (SSSR count). The van der Waals surface area contributed by atoms with Crippen molar-refractivity contribution in [3.63, 3.8) is 0 Å². The van der Waals surface area contributed by atoms with Gasteiger partial charge < -0.3 is 10.6 Å². The van der Waals surface area contributed by atoms with Crippen LogP contribution in [0.4, 0.5) is 15.8 Å². The van der Waals surface area contributed by atoms with E-state index >= 15 is 0 Å². The maximum atomic E-state index is 13.4. The monoisotopic (exact) mass is 288 g/mol. The van der Waals surface area contributed by atoms with Gasteiger partial charge in [0.15, 0.2) is 0 Å². The summed E-state index contributed by atoms with van der Waals surface area (Å²) in [5.74, 6) is -0.577. The lowest BCUT2D eigenvalue weighted by atomic mass is 10.1. The Kier molecular flexibility index (Phi) is 3.16. The smallest absolute Gasteiger partial charge is 0.278 e. The van der Waals surface area contributed by atoms with E-state index in [2.05, 4.69) is 5.10 Å². The number of hydrogen-bond donors (Lipinski definition) is 1. The van der Waals surface area contributed by atoms with Gasteiger partial charge in [0.1, 0.15) is 11.5 Å². The Morgan fingerprint density at radius 2 is 2.24 bits per heavy atom. The highest BCUT2D eigenvalue weighted by Crippen LogP contribution is 2.31. The van der Waals surface area contributed by atoms with Crippen LogP contribution in [0.5, 0.6) is 0 Å². The number of anilines is 2. The van der Waals surface area contributed by atoms with Crippen molar-refractivity contribution in [2.45, 2.75) is 19.8 Å². The maximum absolute atomic E-state index is 13.4. The molecule has 1 aromatic carbocycles. The Labute approximate surface area is 122 Å². The fourth-order valence-corrected chi connectivity index (χ4v) is 2.80. The molecule has 1 amide bonds. The molecular weight excluding hydrogens is 271 g/mol. The van der Waals surface area contributed by atoms with E-state index in [0.717, 1.165) is 12.0 Å². The van der Waals surface area contributed by atoms with E-state index in [9.17, 15) is 9.18 Å². The first-order valence-corrected chi connectivity index (χ1v) is 6.94. The fraction of sp³-hybridized carbons (Fsp3) is 0.333. The third-order valence-corrected chi connectivity index (χ3v) is 3.89. The number of rotatable bonds is 2. The fourth-order valence-electron chi connectivity index (χ4n) is 2.80. The van der Waals surface area contributed by atoms with E-state index in [1.165, 1.54) is 16.8 Å². The second kappa shape index (κ2) is 4.87. The Morgan fingerprint density at radius 1 is 1.48 bits per heavy atom. The number of fused-ring (bicyclic) bond motifs is 1. The van der Waals surface area contributed by atoms with Gasteiger partial charge in [0, 0.05) is 13.6 Å². The van der Waals surface area contributed by atoms with Crippen molar-refractivity contribution in [3.8, 4) is 0 Å². The van der Waals surface area contributed by atoms with Crippen molar-refractivity contribution in [3.05, 3.63) is 41.0 Å². The molecule has 0 saturated carbocycles. The number of amides is 1. The quantitative estimate of drug-likeness (QED) is 0.918. The number of carbonyl (C=O) groups is 1. The molecule has 0 unspecified atom stereocenters. The molecule has 1 aliphatic heterocycles. The third-order valence-electron chi connectivity index (χ3n) is 3.89. The first-order valence-electron chi connectivity index (χ1n) is 6.94.